The number of morpholine rings is 1. The van der Waals surface area contributed by atoms with Crippen LogP contribution in [0.2, 0.25) is 0 Å². The van der Waals surface area contributed by atoms with Crippen molar-refractivity contribution in [3.05, 3.63) is 11.6 Å². The normalized spacial score (nSPS) is 19.4. The molecule has 8 nitrogen and oxygen atoms in total. The largest absolute Gasteiger partial charge is 0.379 e. The molecule has 0 bridgehead atoms. The Hall–Kier alpha value is -1.67. The number of aliphatic imine (C=N–C) groups is 1. The summed E-state index contributed by atoms with van der Waals surface area (Å²) >= 11 is 0. The van der Waals surface area contributed by atoms with E-state index in [-0.39, 0.29) is 0 Å². The van der Waals surface area contributed by atoms with Crippen molar-refractivity contribution in [2.24, 2.45) is 10.9 Å². The number of nitrogens with one attached hydrogen (secondary N) is 2. The molecule has 2 N–H and O–H groups in total. The number of aryl methyl sites for hydroxylation is 2. The van der Waals surface area contributed by atoms with E-state index in [1.165, 1.54) is 31.5 Å². The number of hydrogen-bond donors (Lipinski definition) is 2. The Morgan fingerprint density at radius 3 is 2.70 bits per heavy atom. The zero-order chi connectivity index (χ0) is 21.2. The lowest BCUT2D eigenvalue weighted by Gasteiger charge is -2.35. The second kappa shape index (κ2) is 12.2. The Balaban J connectivity index is 1.41. The average molecular weight is 420 g/mol. The van der Waals surface area contributed by atoms with Gasteiger partial charge in [-0.05, 0) is 31.6 Å². The molecule has 0 saturated carbocycles. The fraction of sp³-hybridized carbons (Fsp3) is 0.864. The van der Waals surface area contributed by atoms with Gasteiger partial charge in [-0.15, -0.1) is 10.2 Å². The zero-order valence-corrected chi connectivity index (χ0v) is 19.2. The van der Waals surface area contributed by atoms with E-state index < -0.39 is 0 Å². The minimum Gasteiger partial charge on any atom is -0.379 e. The maximum absolute atomic E-state index is 5.53. The molecule has 8 heteroatoms. The lowest BCUT2D eigenvalue weighted by atomic mass is 10.0. The number of fused-ring (bicyclic) bond motifs is 1. The van der Waals surface area contributed by atoms with Crippen LogP contribution in [0.4, 0.5) is 0 Å². The fourth-order valence-corrected chi connectivity index (χ4v) is 4.47. The molecule has 30 heavy (non-hydrogen) atoms. The molecular formula is C22H41N7O. The van der Waals surface area contributed by atoms with Crippen LogP contribution in [0, 0.1) is 5.92 Å². The van der Waals surface area contributed by atoms with E-state index in [0.29, 0.717) is 12.0 Å². The van der Waals surface area contributed by atoms with Crippen LogP contribution in [0.25, 0.3) is 0 Å². The van der Waals surface area contributed by atoms with Crippen LogP contribution in [-0.2, 0) is 24.1 Å². The Labute approximate surface area is 181 Å². The minimum absolute atomic E-state index is 0.513. The first-order valence-corrected chi connectivity index (χ1v) is 11.8. The summed E-state index contributed by atoms with van der Waals surface area (Å²) in [6, 6.07) is 0.513. The van der Waals surface area contributed by atoms with Crippen molar-refractivity contribution in [2.75, 3.05) is 46.4 Å². The second-order valence-corrected chi connectivity index (χ2v) is 8.91. The summed E-state index contributed by atoms with van der Waals surface area (Å²) in [6.45, 7) is 11.2. The van der Waals surface area contributed by atoms with Gasteiger partial charge in [-0.25, -0.2) is 0 Å². The van der Waals surface area contributed by atoms with Crippen molar-refractivity contribution in [1.29, 1.82) is 0 Å². The molecule has 1 atom stereocenters. The van der Waals surface area contributed by atoms with Crippen molar-refractivity contribution in [1.82, 2.24) is 30.3 Å². The topological polar surface area (TPSA) is 79.6 Å². The summed E-state index contributed by atoms with van der Waals surface area (Å²) in [4.78, 5) is 6.98. The molecule has 1 unspecified atom stereocenters. The SMILES string of the molecule is CN=C(NCCCc1nnc2n1CCCCC2)NCC(CC(C)C)N1CCOCC1. The molecule has 1 fully saturated rings. The molecule has 170 valence electrons. The number of aromatic nitrogens is 3. The predicted octanol–water partition coefficient (Wildman–Crippen LogP) is 1.85. The molecule has 2 aliphatic rings. The molecule has 3 rings (SSSR count). The Bertz CT molecular complexity index is 652. The molecule has 1 aromatic heterocycles. The Kier molecular flexibility index (Phi) is 9.39. The van der Waals surface area contributed by atoms with Crippen molar-refractivity contribution in [3.8, 4) is 0 Å². The minimum atomic E-state index is 0.513. The third kappa shape index (κ3) is 6.94. The van der Waals surface area contributed by atoms with Crippen molar-refractivity contribution in [3.63, 3.8) is 0 Å². The summed E-state index contributed by atoms with van der Waals surface area (Å²) in [5, 5.41) is 15.9. The molecule has 2 aliphatic heterocycles. The van der Waals surface area contributed by atoms with Crippen LogP contribution >= 0.6 is 0 Å². The van der Waals surface area contributed by atoms with E-state index >= 15 is 0 Å². The van der Waals surface area contributed by atoms with E-state index in [1.54, 1.807) is 0 Å². The van der Waals surface area contributed by atoms with Gasteiger partial charge in [0.1, 0.15) is 11.6 Å². The maximum atomic E-state index is 5.53. The number of guanidine groups is 1. The second-order valence-electron chi connectivity index (χ2n) is 8.91. The highest BCUT2D eigenvalue weighted by atomic mass is 16.5. The molecule has 1 saturated heterocycles. The lowest BCUT2D eigenvalue weighted by molar-refractivity contribution is 0.0132. The zero-order valence-electron chi connectivity index (χ0n) is 19.2. The van der Waals surface area contributed by atoms with E-state index in [9.17, 15) is 0 Å². The van der Waals surface area contributed by atoms with E-state index in [1.807, 2.05) is 7.05 Å². The van der Waals surface area contributed by atoms with Gasteiger partial charge in [-0.3, -0.25) is 9.89 Å². The lowest BCUT2D eigenvalue weighted by Crippen LogP contribution is -2.51. The van der Waals surface area contributed by atoms with Crippen LogP contribution < -0.4 is 10.6 Å². The quantitative estimate of drug-likeness (QED) is 0.361. The monoisotopic (exact) mass is 419 g/mol. The molecule has 0 radical (unpaired) electrons. The van der Waals surface area contributed by atoms with Crippen LogP contribution in [0.3, 0.4) is 0 Å². The number of nitrogens with zero attached hydrogens (tertiary/aromatic N) is 5. The molecule has 0 spiro atoms. The van der Waals surface area contributed by atoms with E-state index in [0.717, 1.165) is 77.0 Å². The molecule has 0 aromatic carbocycles. The molecule has 0 amide bonds. The maximum Gasteiger partial charge on any atom is 0.191 e. The highest BCUT2D eigenvalue weighted by Crippen LogP contribution is 2.15. The fourth-order valence-electron chi connectivity index (χ4n) is 4.47. The van der Waals surface area contributed by atoms with Crippen molar-refractivity contribution < 1.29 is 4.74 Å². The van der Waals surface area contributed by atoms with E-state index in [4.69, 9.17) is 4.74 Å². The van der Waals surface area contributed by atoms with Gasteiger partial charge in [0.2, 0.25) is 0 Å². The Morgan fingerprint density at radius 1 is 1.10 bits per heavy atom. The van der Waals surface area contributed by atoms with Gasteiger partial charge in [0, 0.05) is 58.7 Å². The summed E-state index contributed by atoms with van der Waals surface area (Å²) in [6.07, 6.45) is 8.02. The molecule has 0 aliphatic carbocycles. The van der Waals surface area contributed by atoms with Crippen molar-refractivity contribution >= 4 is 5.96 Å². The molecule has 3 heterocycles. The first-order chi connectivity index (χ1) is 14.7. The van der Waals surface area contributed by atoms with Crippen LogP contribution in [0.1, 0.15) is 57.6 Å². The third-order valence-electron chi connectivity index (χ3n) is 6.09. The number of hydrogen-bond acceptors (Lipinski definition) is 5. The van der Waals surface area contributed by atoms with Gasteiger partial charge in [-0.1, -0.05) is 20.3 Å². The molecule has 1 aromatic rings. The van der Waals surface area contributed by atoms with E-state index in [2.05, 4.69) is 49.1 Å². The molecular weight excluding hydrogens is 378 g/mol. The smallest absolute Gasteiger partial charge is 0.191 e. The van der Waals surface area contributed by atoms with Crippen LogP contribution in [-0.4, -0.2) is 78.1 Å². The van der Waals surface area contributed by atoms with Gasteiger partial charge in [0.25, 0.3) is 0 Å². The first-order valence-electron chi connectivity index (χ1n) is 11.8. The highest BCUT2D eigenvalue weighted by Gasteiger charge is 2.22. The van der Waals surface area contributed by atoms with Gasteiger partial charge in [-0.2, -0.15) is 0 Å². The van der Waals surface area contributed by atoms with Gasteiger partial charge in [0.15, 0.2) is 5.96 Å². The summed E-state index contributed by atoms with van der Waals surface area (Å²) in [5.41, 5.74) is 0. The predicted molar refractivity (Wildman–Crippen MR) is 121 cm³/mol. The number of ether oxygens (including phenoxy) is 1. The highest BCUT2D eigenvalue weighted by molar-refractivity contribution is 5.79. The standard InChI is InChI=1S/C22H41N7O/c1-18(2)16-19(28-12-14-30-15-13-28)17-25-22(23-3)24-10-7-9-21-27-26-20-8-5-4-6-11-29(20)21/h18-19H,4-17H2,1-3H3,(H2,23,24,25). The third-order valence-corrected chi connectivity index (χ3v) is 6.09. The summed E-state index contributed by atoms with van der Waals surface area (Å²) in [7, 11) is 1.85. The van der Waals surface area contributed by atoms with Gasteiger partial charge < -0.3 is 19.9 Å². The van der Waals surface area contributed by atoms with Crippen LogP contribution in [0.15, 0.2) is 4.99 Å². The first kappa shape index (κ1) is 23.0. The van der Waals surface area contributed by atoms with Gasteiger partial charge in [0.05, 0.1) is 13.2 Å². The average Bonchev–Trinajstić information content (AvgIpc) is 2.98. The van der Waals surface area contributed by atoms with Gasteiger partial charge >= 0.3 is 0 Å². The summed E-state index contributed by atoms with van der Waals surface area (Å²) in [5.74, 6) is 3.87. The summed E-state index contributed by atoms with van der Waals surface area (Å²) < 4.78 is 7.88. The number of rotatable bonds is 9. The Morgan fingerprint density at radius 2 is 1.93 bits per heavy atom. The van der Waals surface area contributed by atoms with Crippen LogP contribution in [0.5, 0.6) is 0 Å². The van der Waals surface area contributed by atoms with Crippen molar-refractivity contribution in [2.45, 2.75) is 71.4 Å².